The average molecular weight is 151 g/mol. The molecule has 2 heterocycles. The molecule has 1 fully saturated rings. The molecule has 0 radical (unpaired) electrons. The van der Waals surface area contributed by atoms with Crippen LogP contribution in [0, 0.1) is 0 Å². The minimum absolute atomic E-state index is 0.891. The Morgan fingerprint density at radius 1 is 1.09 bits per heavy atom. The number of hydrogen-bond donors (Lipinski definition) is 0. The SMILES string of the molecule is C1=CN2CCCCCC2CC1. The second-order valence-corrected chi connectivity index (χ2v) is 3.70. The van der Waals surface area contributed by atoms with Crippen LogP contribution in [0.4, 0.5) is 0 Å². The fraction of sp³-hybridized carbons (Fsp3) is 0.800. The van der Waals surface area contributed by atoms with Gasteiger partial charge in [-0.1, -0.05) is 18.9 Å². The standard InChI is InChI=1S/C10H17N/c1-2-6-10-7-3-5-9-11(10)8-4-1/h5,9-10H,1-4,6-8H2. The first-order chi connectivity index (χ1) is 5.47. The molecule has 1 nitrogen and oxygen atoms in total. The van der Waals surface area contributed by atoms with Crippen LogP contribution in [0.2, 0.25) is 0 Å². The molecule has 2 aliphatic heterocycles. The summed E-state index contributed by atoms with van der Waals surface area (Å²) in [4.78, 5) is 2.55. The summed E-state index contributed by atoms with van der Waals surface area (Å²) in [6.45, 7) is 1.31. The molecule has 0 spiro atoms. The van der Waals surface area contributed by atoms with E-state index in [1.165, 1.54) is 45.1 Å². The normalized spacial score (nSPS) is 31.3. The molecule has 1 saturated heterocycles. The number of nitrogens with zero attached hydrogens (tertiary/aromatic N) is 1. The third kappa shape index (κ3) is 1.58. The van der Waals surface area contributed by atoms with Crippen LogP contribution in [-0.2, 0) is 0 Å². The summed E-state index contributed by atoms with van der Waals surface area (Å²) < 4.78 is 0. The first-order valence-electron chi connectivity index (χ1n) is 4.89. The summed E-state index contributed by atoms with van der Waals surface area (Å²) in [6, 6.07) is 0.891. The Morgan fingerprint density at radius 2 is 2.09 bits per heavy atom. The van der Waals surface area contributed by atoms with Crippen LogP contribution < -0.4 is 0 Å². The lowest BCUT2D eigenvalue weighted by Crippen LogP contribution is -2.31. The summed E-state index contributed by atoms with van der Waals surface area (Å²) in [5.41, 5.74) is 0. The van der Waals surface area contributed by atoms with Gasteiger partial charge in [-0.25, -0.2) is 0 Å². The molecule has 2 rings (SSSR count). The molecule has 0 amide bonds. The Morgan fingerprint density at radius 3 is 3.09 bits per heavy atom. The van der Waals surface area contributed by atoms with Gasteiger partial charge in [0.15, 0.2) is 0 Å². The van der Waals surface area contributed by atoms with E-state index in [-0.39, 0.29) is 0 Å². The molecule has 1 unspecified atom stereocenters. The highest BCUT2D eigenvalue weighted by Crippen LogP contribution is 2.23. The highest BCUT2D eigenvalue weighted by Gasteiger charge is 2.19. The molecule has 0 N–H and O–H groups in total. The second-order valence-electron chi connectivity index (χ2n) is 3.70. The van der Waals surface area contributed by atoms with E-state index in [1.807, 2.05) is 0 Å². The maximum Gasteiger partial charge on any atom is 0.0287 e. The fourth-order valence-corrected chi connectivity index (χ4v) is 2.20. The largest absolute Gasteiger partial charge is 0.375 e. The van der Waals surface area contributed by atoms with Gasteiger partial charge in [-0.15, -0.1) is 0 Å². The summed E-state index contributed by atoms with van der Waals surface area (Å²) in [5.74, 6) is 0. The van der Waals surface area contributed by atoms with Crippen LogP contribution in [0.15, 0.2) is 12.3 Å². The van der Waals surface area contributed by atoms with Gasteiger partial charge in [0.05, 0.1) is 0 Å². The van der Waals surface area contributed by atoms with Crippen LogP contribution >= 0.6 is 0 Å². The number of hydrogen-bond acceptors (Lipinski definition) is 1. The quantitative estimate of drug-likeness (QED) is 0.514. The number of fused-ring (bicyclic) bond motifs is 1. The molecule has 11 heavy (non-hydrogen) atoms. The van der Waals surface area contributed by atoms with E-state index in [4.69, 9.17) is 0 Å². The van der Waals surface area contributed by atoms with Gasteiger partial charge in [-0.05, 0) is 31.9 Å². The number of rotatable bonds is 0. The van der Waals surface area contributed by atoms with E-state index >= 15 is 0 Å². The molecule has 0 aliphatic carbocycles. The van der Waals surface area contributed by atoms with E-state index in [0.29, 0.717) is 0 Å². The van der Waals surface area contributed by atoms with Crippen LogP contribution in [0.3, 0.4) is 0 Å². The predicted octanol–water partition coefficient (Wildman–Crippen LogP) is 2.54. The van der Waals surface area contributed by atoms with Crippen molar-refractivity contribution in [1.29, 1.82) is 0 Å². The van der Waals surface area contributed by atoms with Gasteiger partial charge in [-0.3, -0.25) is 0 Å². The molecule has 0 bridgehead atoms. The smallest absolute Gasteiger partial charge is 0.0287 e. The predicted molar refractivity (Wildman–Crippen MR) is 47.3 cm³/mol. The summed E-state index contributed by atoms with van der Waals surface area (Å²) in [7, 11) is 0. The molecule has 1 heteroatoms. The minimum atomic E-state index is 0.891. The van der Waals surface area contributed by atoms with Crippen molar-refractivity contribution in [1.82, 2.24) is 4.90 Å². The van der Waals surface area contributed by atoms with Crippen molar-refractivity contribution in [2.24, 2.45) is 0 Å². The Balaban J connectivity index is 2.02. The molecular formula is C10H17N. The van der Waals surface area contributed by atoms with E-state index in [0.717, 1.165) is 6.04 Å². The zero-order valence-corrected chi connectivity index (χ0v) is 7.13. The molecule has 0 aromatic heterocycles. The number of allylic oxidation sites excluding steroid dienone is 1. The highest BCUT2D eigenvalue weighted by atomic mass is 15.1. The van der Waals surface area contributed by atoms with Crippen molar-refractivity contribution in [2.45, 2.75) is 44.6 Å². The van der Waals surface area contributed by atoms with Crippen molar-refractivity contribution in [2.75, 3.05) is 6.54 Å². The van der Waals surface area contributed by atoms with Crippen LogP contribution in [0.5, 0.6) is 0 Å². The van der Waals surface area contributed by atoms with Crippen molar-refractivity contribution in [3.63, 3.8) is 0 Å². The third-order valence-electron chi connectivity index (χ3n) is 2.89. The van der Waals surface area contributed by atoms with Gasteiger partial charge in [0, 0.05) is 12.6 Å². The Kier molecular flexibility index (Phi) is 2.16. The highest BCUT2D eigenvalue weighted by molar-refractivity contribution is 4.94. The molecule has 62 valence electrons. The topological polar surface area (TPSA) is 3.24 Å². The van der Waals surface area contributed by atoms with Crippen molar-refractivity contribution < 1.29 is 0 Å². The Bertz CT molecular complexity index is 151. The summed E-state index contributed by atoms with van der Waals surface area (Å²) in [6.07, 6.45) is 13.1. The maximum absolute atomic E-state index is 2.55. The van der Waals surface area contributed by atoms with Gasteiger partial charge in [0.1, 0.15) is 0 Å². The van der Waals surface area contributed by atoms with Gasteiger partial charge >= 0.3 is 0 Å². The van der Waals surface area contributed by atoms with Crippen LogP contribution in [0.1, 0.15) is 38.5 Å². The monoisotopic (exact) mass is 151 g/mol. The maximum atomic E-state index is 2.55. The van der Waals surface area contributed by atoms with Gasteiger partial charge in [0.25, 0.3) is 0 Å². The minimum Gasteiger partial charge on any atom is -0.375 e. The molecule has 2 aliphatic rings. The van der Waals surface area contributed by atoms with E-state index in [1.54, 1.807) is 0 Å². The zero-order valence-electron chi connectivity index (χ0n) is 7.13. The van der Waals surface area contributed by atoms with Crippen LogP contribution in [0.25, 0.3) is 0 Å². The third-order valence-corrected chi connectivity index (χ3v) is 2.89. The lowest BCUT2D eigenvalue weighted by Gasteiger charge is -2.31. The lowest BCUT2D eigenvalue weighted by atomic mass is 10.0. The van der Waals surface area contributed by atoms with Crippen molar-refractivity contribution in [3.8, 4) is 0 Å². The van der Waals surface area contributed by atoms with Crippen molar-refractivity contribution in [3.05, 3.63) is 12.3 Å². The van der Waals surface area contributed by atoms with E-state index in [2.05, 4.69) is 17.2 Å². The van der Waals surface area contributed by atoms with Crippen molar-refractivity contribution >= 4 is 0 Å². The molecule has 1 atom stereocenters. The first kappa shape index (κ1) is 7.20. The molecular weight excluding hydrogens is 134 g/mol. The summed E-state index contributed by atoms with van der Waals surface area (Å²) >= 11 is 0. The molecule has 0 aromatic rings. The average Bonchev–Trinajstić information content (AvgIpc) is 2.28. The van der Waals surface area contributed by atoms with Gasteiger partial charge < -0.3 is 4.90 Å². The van der Waals surface area contributed by atoms with E-state index < -0.39 is 0 Å². The second kappa shape index (κ2) is 3.29. The Hall–Kier alpha value is -0.460. The molecule has 0 saturated carbocycles. The first-order valence-corrected chi connectivity index (χ1v) is 4.89. The van der Waals surface area contributed by atoms with Crippen LogP contribution in [-0.4, -0.2) is 17.5 Å². The lowest BCUT2D eigenvalue weighted by molar-refractivity contribution is 0.254. The fourth-order valence-electron chi connectivity index (χ4n) is 2.20. The Labute approximate surface area is 69.1 Å². The summed E-state index contributed by atoms with van der Waals surface area (Å²) in [5, 5.41) is 0. The molecule has 0 aromatic carbocycles. The van der Waals surface area contributed by atoms with E-state index in [9.17, 15) is 0 Å². The van der Waals surface area contributed by atoms with Gasteiger partial charge in [-0.2, -0.15) is 0 Å². The van der Waals surface area contributed by atoms with Gasteiger partial charge in [0.2, 0.25) is 0 Å². The zero-order chi connectivity index (χ0) is 7.52.